The minimum absolute atomic E-state index is 0.0139. The summed E-state index contributed by atoms with van der Waals surface area (Å²) < 4.78 is 68.8. The smallest absolute Gasteiger partial charge is 0.383 e. The first-order valence-electron chi connectivity index (χ1n) is 10.8. The van der Waals surface area contributed by atoms with Crippen LogP contribution in [-0.4, -0.2) is 51.3 Å². The second-order valence-corrected chi connectivity index (χ2v) is 8.15. The molecule has 0 radical (unpaired) electrons. The number of hydrogen-bond donors (Lipinski definition) is 2. The number of aromatic nitrogens is 2. The third-order valence-corrected chi connectivity index (χ3v) is 5.81. The number of carbonyl (C=O) groups excluding carboxylic acids is 2. The monoisotopic (exact) mass is 510 g/mol. The summed E-state index contributed by atoms with van der Waals surface area (Å²) >= 11 is 0. The van der Waals surface area contributed by atoms with Gasteiger partial charge in [0.1, 0.15) is 35.2 Å². The van der Waals surface area contributed by atoms with Crippen LogP contribution in [0.25, 0.3) is 16.7 Å². The van der Waals surface area contributed by atoms with E-state index in [1.54, 1.807) is 5.32 Å². The molecule has 0 bridgehead atoms. The van der Waals surface area contributed by atoms with E-state index in [-0.39, 0.29) is 35.5 Å². The van der Waals surface area contributed by atoms with Gasteiger partial charge >= 0.3 is 6.18 Å². The van der Waals surface area contributed by atoms with E-state index in [1.807, 2.05) is 0 Å². The average molecular weight is 510 g/mol. The molecule has 1 aromatic carbocycles. The molecule has 36 heavy (non-hydrogen) atoms. The maximum absolute atomic E-state index is 14.7. The fourth-order valence-corrected chi connectivity index (χ4v) is 3.91. The van der Waals surface area contributed by atoms with Crippen LogP contribution in [0.2, 0.25) is 0 Å². The van der Waals surface area contributed by atoms with Crippen molar-refractivity contribution >= 4 is 28.7 Å². The molecule has 13 heteroatoms. The number of benzene rings is 1. The van der Waals surface area contributed by atoms with Gasteiger partial charge in [0, 0.05) is 25.2 Å². The third-order valence-electron chi connectivity index (χ3n) is 5.81. The molecular weight excluding hydrogens is 491 g/mol. The summed E-state index contributed by atoms with van der Waals surface area (Å²) in [6, 6.07) is 2.66. The highest BCUT2D eigenvalue weighted by Crippen LogP contribution is 2.26. The van der Waals surface area contributed by atoms with Gasteiger partial charge in [-0.3, -0.25) is 23.9 Å². The topological polar surface area (TPSA) is 105 Å². The molecule has 2 unspecified atom stereocenters. The number of hydrogen-bond acceptors (Lipinski definition) is 5. The fourth-order valence-electron chi connectivity index (χ4n) is 3.91. The minimum Gasteiger partial charge on any atom is -0.383 e. The minimum atomic E-state index is -4.77. The van der Waals surface area contributed by atoms with Crippen LogP contribution in [0.1, 0.15) is 30.1 Å². The standard InChI is InChI=1S/C23H19F5N4O4/c1-2-17(23(26,27)28)29-21(35)13-10-32(15-5-3-11(24)9-14(15)25)20-12(19(13)34)4-6-18(30-20)31-8-7-16(33)22(31)36/h3-6,9-10,16-17,33H,2,7-8H2,1H3,(H,29,35). The summed E-state index contributed by atoms with van der Waals surface area (Å²) in [5.41, 5.74) is -2.30. The van der Waals surface area contributed by atoms with Crippen molar-refractivity contribution in [2.45, 2.75) is 38.1 Å². The Morgan fingerprint density at radius 2 is 1.94 bits per heavy atom. The third kappa shape index (κ3) is 4.53. The Bertz CT molecular complexity index is 1420. The van der Waals surface area contributed by atoms with E-state index in [4.69, 9.17) is 0 Å². The molecule has 3 heterocycles. The van der Waals surface area contributed by atoms with E-state index in [9.17, 15) is 41.4 Å². The maximum atomic E-state index is 14.7. The van der Waals surface area contributed by atoms with Crippen LogP contribution >= 0.6 is 0 Å². The summed E-state index contributed by atoms with van der Waals surface area (Å²) in [5, 5.41) is 11.2. The van der Waals surface area contributed by atoms with Gasteiger partial charge in [0.2, 0.25) is 5.43 Å². The number of alkyl halides is 3. The number of pyridine rings is 2. The van der Waals surface area contributed by atoms with Gasteiger partial charge in [-0.05, 0) is 30.7 Å². The maximum Gasteiger partial charge on any atom is 0.408 e. The Kier molecular flexibility index (Phi) is 6.52. The molecule has 2 N–H and O–H groups in total. The van der Waals surface area contributed by atoms with Gasteiger partial charge in [0.05, 0.1) is 11.1 Å². The Balaban J connectivity index is 1.92. The van der Waals surface area contributed by atoms with E-state index < -0.39 is 59.2 Å². The van der Waals surface area contributed by atoms with Gasteiger partial charge in [-0.1, -0.05) is 6.92 Å². The molecule has 0 spiro atoms. The van der Waals surface area contributed by atoms with Crippen molar-refractivity contribution in [3.8, 4) is 5.69 Å². The first-order chi connectivity index (χ1) is 16.9. The highest BCUT2D eigenvalue weighted by molar-refractivity contribution is 6.00. The number of fused-ring (bicyclic) bond motifs is 1. The fraction of sp³-hybridized carbons (Fsp3) is 0.304. The lowest BCUT2D eigenvalue weighted by Crippen LogP contribution is -2.46. The zero-order chi connectivity index (χ0) is 26.4. The predicted molar refractivity (Wildman–Crippen MR) is 118 cm³/mol. The van der Waals surface area contributed by atoms with Crippen LogP contribution in [0.15, 0.2) is 41.3 Å². The highest BCUT2D eigenvalue weighted by Gasteiger charge is 2.40. The van der Waals surface area contributed by atoms with Crippen molar-refractivity contribution in [1.82, 2.24) is 14.9 Å². The van der Waals surface area contributed by atoms with Gasteiger partial charge in [0.25, 0.3) is 11.8 Å². The lowest BCUT2D eigenvalue weighted by molar-refractivity contribution is -0.153. The van der Waals surface area contributed by atoms with Crippen molar-refractivity contribution in [3.63, 3.8) is 0 Å². The van der Waals surface area contributed by atoms with Crippen molar-refractivity contribution < 1.29 is 36.6 Å². The largest absolute Gasteiger partial charge is 0.408 e. The number of anilines is 1. The molecule has 0 saturated carbocycles. The molecular formula is C23H19F5N4O4. The number of nitrogens with zero attached hydrogens (tertiary/aromatic N) is 3. The van der Waals surface area contributed by atoms with Crippen LogP contribution in [0, 0.1) is 11.6 Å². The number of nitrogens with one attached hydrogen (secondary N) is 1. The summed E-state index contributed by atoms with van der Waals surface area (Å²) in [6.07, 6.45) is -5.56. The zero-order valence-electron chi connectivity index (χ0n) is 18.6. The quantitative estimate of drug-likeness (QED) is 0.514. The Labute approximate surface area is 200 Å². The molecule has 1 aliphatic heterocycles. The molecule has 1 fully saturated rings. The van der Waals surface area contributed by atoms with Gasteiger partial charge in [-0.25, -0.2) is 13.8 Å². The molecule has 190 valence electrons. The van der Waals surface area contributed by atoms with Crippen molar-refractivity contribution in [2.24, 2.45) is 0 Å². The van der Waals surface area contributed by atoms with Gasteiger partial charge in [-0.15, -0.1) is 0 Å². The van der Waals surface area contributed by atoms with Crippen LogP contribution < -0.4 is 15.6 Å². The second kappa shape index (κ2) is 9.30. The SMILES string of the molecule is CCC(NC(=O)c1cn(-c2ccc(F)cc2F)c2nc(N3CCC(O)C3=O)ccc2c1=O)C(F)(F)F. The number of aliphatic hydroxyl groups excluding tert-OH is 1. The van der Waals surface area contributed by atoms with Crippen molar-refractivity contribution in [3.05, 3.63) is 63.9 Å². The number of halogens is 5. The number of aliphatic hydroxyl groups is 1. The van der Waals surface area contributed by atoms with Gasteiger partial charge in [-0.2, -0.15) is 13.2 Å². The summed E-state index contributed by atoms with van der Waals surface area (Å²) in [5.74, 6) is -3.99. The molecule has 2 aromatic heterocycles. The Hall–Kier alpha value is -3.87. The highest BCUT2D eigenvalue weighted by atomic mass is 19.4. The van der Waals surface area contributed by atoms with E-state index in [0.717, 1.165) is 27.8 Å². The molecule has 4 rings (SSSR count). The number of amides is 2. The Morgan fingerprint density at radius 3 is 2.53 bits per heavy atom. The average Bonchev–Trinajstić information content (AvgIpc) is 3.15. The molecule has 1 aliphatic rings. The van der Waals surface area contributed by atoms with Gasteiger partial charge in [0.15, 0.2) is 5.65 Å². The lowest BCUT2D eigenvalue weighted by Gasteiger charge is -2.21. The van der Waals surface area contributed by atoms with Crippen LogP contribution in [-0.2, 0) is 4.79 Å². The van der Waals surface area contributed by atoms with Crippen LogP contribution in [0.4, 0.5) is 27.8 Å². The number of carbonyl (C=O) groups is 2. The lowest BCUT2D eigenvalue weighted by atomic mass is 10.1. The van der Waals surface area contributed by atoms with Gasteiger partial charge < -0.3 is 10.4 Å². The van der Waals surface area contributed by atoms with Crippen LogP contribution in [0.3, 0.4) is 0 Å². The van der Waals surface area contributed by atoms with E-state index in [0.29, 0.717) is 6.07 Å². The summed E-state index contributed by atoms with van der Waals surface area (Å²) in [7, 11) is 0. The zero-order valence-corrected chi connectivity index (χ0v) is 18.6. The van der Waals surface area contributed by atoms with E-state index >= 15 is 0 Å². The first-order valence-corrected chi connectivity index (χ1v) is 10.8. The van der Waals surface area contributed by atoms with E-state index in [2.05, 4.69) is 4.98 Å². The molecule has 3 aromatic rings. The van der Waals surface area contributed by atoms with E-state index in [1.165, 1.54) is 19.1 Å². The molecule has 2 amide bonds. The summed E-state index contributed by atoms with van der Waals surface area (Å²) in [4.78, 5) is 43.4. The molecule has 8 nitrogen and oxygen atoms in total. The second-order valence-electron chi connectivity index (χ2n) is 8.15. The van der Waals surface area contributed by atoms with Crippen LogP contribution in [0.5, 0.6) is 0 Å². The number of rotatable bonds is 5. The molecule has 1 saturated heterocycles. The van der Waals surface area contributed by atoms with Crippen molar-refractivity contribution in [2.75, 3.05) is 11.4 Å². The summed E-state index contributed by atoms with van der Waals surface area (Å²) in [6.45, 7) is 1.32. The Morgan fingerprint density at radius 1 is 1.22 bits per heavy atom. The van der Waals surface area contributed by atoms with Crippen molar-refractivity contribution in [1.29, 1.82) is 0 Å². The molecule has 2 atom stereocenters. The predicted octanol–water partition coefficient (Wildman–Crippen LogP) is 2.83. The molecule has 0 aliphatic carbocycles. The first kappa shape index (κ1) is 25.2. The normalized spacial score (nSPS) is 17.0.